The lowest BCUT2D eigenvalue weighted by molar-refractivity contribution is -0.137. The maximum absolute atomic E-state index is 14.5. The van der Waals surface area contributed by atoms with Crippen LogP contribution in [0.5, 0.6) is 0 Å². The largest absolute Gasteiger partial charge is 0.417 e. The lowest BCUT2D eigenvalue weighted by Crippen LogP contribution is -2.50. The molecule has 2 aromatic rings. The fourth-order valence-corrected chi connectivity index (χ4v) is 5.80. The number of carbonyl (C=O) groups is 1. The van der Waals surface area contributed by atoms with Crippen LogP contribution in [0, 0.1) is 11.2 Å². The standard InChI is InChI=1S/C26H29F4N5O2S/c1-2-21(36)34-8-10-35(11-9-34)25(32)19-13-20(26(28,29)30)22(16-3-5-17(27)6-4-16)24-23(19)33-14-18(15-38-24)37-12-7-31/h2-6,13,18,32-33H,1,7-12,14-15,31H2. The van der Waals surface area contributed by atoms with Crippen molar-refractivity contribution in [2.75, 3.05) is 56.9 Å². The first-order valence-electron chi connectivity index (χ1n) is 12.1. The molecule has 2 heterocycles. The average Bonchev–Trinajstić information content (AvgIpc) is 3.13. The number of amidine groups is 1. The predicted octanol–water partition coefficient (Wildman–Crippen LogP) is 4.03. The number of rotatable bonds is 6. The quantitative estimate of drug-likeness (QED) is 0.217. The van der Waals surface area contributed by atoms with Gasteiger partial charge in [-0.2, -0.15) is 13.2 Å². The Morgan fingerprint density at radius 3 is 2.47 bits per heavy atom. The van der Waals surface area contributed by atoms with E-state index in [0.717, 1.165) is 18.2 Å². The molecule has 4 rings (SSSR count). The van der Waals surface area contributed by atoms with Gasteiger partial charge in [0.05, 0.1) is 24.0 Å². The molecular weight excluding hydrogens is 522 g/mol. The number of hydrogen-bond acceptors (Lipinski definition) is 6. The Morgan fingerprint density at radius 2 is 1.87 bits per heavy atom. The van der Waals surface area contributed by atoms with Crippen molar-refractivity contribution in [3.05, 3.63) is 59.9 Å². The summed E-state index contributed by atoms with van der Waals surface area (Å²) in [6.45, 7) is 5.66. The Bertz CT molecular complexity index is 1200. The van der Waals surface area contributed by atoms with Crippen molar-refractivity contribution in [2.24, 2.45) is 5.73 Å². The number of fused-ring (bicyclic) bond motifs is 1. The van der Waals surface area contributed by atoms with E-state index >= 15 is 0 Å². The van der Waals surface area contributed by atoms with Crippen LogP contribution in [0.25, 0.3) is 11.1 Å². The maximum atomic E-state index is 14.5. The first-order valence-corrected chi connectivity index (χ1v) is 13.1. The Labute approximate surface area is 222 Å². The molecule has 4 N–H and O–H groups in total. The van der Waals surface area contributed by atoms with Crippen LogP contribution in [0.1, 0.15) is 11.1 Å². The number of halogens is 4. The van der Waals surface area contributed by atoms with E-state index in [1.807, 2.05) is 0 Å². The van der Waals surface area contributed by atoms with Crippen molar-refractivity contribution in [1.82, 2.24) is 9.80 Å². The topological polar surface area (TPSA) is 94.7 Å². The van der Waals surface area contributed by atoms with Crippen molar-refractivity contribution in [3.8, 4) is 11.1 Å². The SMILES string of the molecule is C=CC(=O)N1CCN(C(=N)c2cc(C(F)(F)F)c(-c3ccc(F)cc3)c3c2NCC(OCCN)CS3)CC1. The highest BCUT2D eigenvalue weighted by molar-refractivity contribution is 7.99. The number of thioether (sulfide) groups is 1. The number of anilines is 1. The zero-order valence-corrected chi connectivity index (χ0v) is 21.4. The minimum Gasteiger partial charge on any atom is -0.381 e. The van der Waals surface area contributed by atoms with E-state index in [9.17, 15) is 22.4 Å². The summed E-state index contributed by atoms with van der Waals surface area (Å²) in [5.41, 5.74) is 5.32. The molecule has 0 aromatic heterocycles. The average molecular weight is 552 g/mol. The zero-order chi connectivity index (χ0) is 27.4. The number of nitrogens with zero attached hydrogens (tertiary/aromatic N) is 2. The van der Waals surface area contributed by atoms with Crippen LogP contribution in [0.2, 0.25) is 0 Å². The summed E-state index contributed by atoms with van der Waals surface area (Å²) < 4.78 is 63.0. The molecule has 0 aliphatic carbocycles. The molecule has 0 radical (unpaired) electrons. The lowest BCUT2D eigenvalue weighted by Gasteiger charge is -2.36. The minimum atomic E-state index is -4.73. The Kier molecular flexibility index (Phi) is 8.64. The summed E-state index contributed by atoms with van der Waals surface area (Å²) >= 11 is 1.21. The summed E-state index contributed by atoms with van der Waals surface area (Å²) in [5.74, 6) is -0.487. The summed E-state index contributed by atoms with van der Waals surface area (Å²) in [6.07, 6.45) is -3.83. The zero-order valence-electron chi connectivity index (χ0n) is 20.6. The smallest absolute Gasteiger partial charge is 0.381 e. The highest BCUT2D eigenvalue weighted by Crippen LogP contribution is 2.48. The monoisotopic (exact) mass is 551 g/mol. The molecule has 1 unspecified atom stereocenters. The lowest BCUT2D eigenvalue weighted by atomic mass is 9.94. The van der Waals surface area contributed by atoms with Crippen LogP contribution in [0.3, 0.4) is 0 Å². The van der Waals surface area contributed by atoms with Crippen LogP contribution < -0.4 is 11.1 Å². The molecule has 0 spiro atoms. The van der Waals surface area contributed by atoms with E-state index in [-0.39, 0.29) is 34.5 Å². The number of nitrogens with two attached hydrogens (primary N) is 1. The third-order valence-corrected chi connectivity index (χ3v) is 7.68. The fraction of sp³-hybridized carbons (Fsp3) is 0.385. The van der Waals surface area contributed by atoms with E-state index in [2.05, 4.69) is 11.9 Å². The van der Waals surface area contributed by atoms with Gasteiger partial charge in [0.25, 0.3) is 0 Å². The molecule has 0 bridgehead atoms. The molecule has 2 aromatic carbocycles. The van der Waals surface area contributed by atoms with Crippen molar-refractivity contribution in [1.29, 1.82) is 5.41 Å². The summed E-state index contributed by atoms with van der Waals surface area (Å²) in [5, 5.41) is 12.1. The van der Waals surface area contributed by atoms with Crippen molar-refractivity contribution < 1.29 is 27.1 Å². The van der Waals surface area contributed by atoms with Gasteiger partial charge < -0.3 is 25.6 Å². The number of amides is 1. The van der Waals surface area contributed by atoms with Crippen LogP contribution in [-0.2, 0) is 15.7 Å². The summed E-state index contributed by atoms with van der Waals surface area (Å²) in [6, 6.07) is 5.91. The first kappa shape index (κ1) is 27.9. The van der Waals surface area contributed by atoms with E-state index in [1.165, 1.54) is 30.0 Å². The van der Waals surface area contributed by atoms with E-state index < -0.39 is 17.6 Å². The van der Waals surface area contributed by atoms with Crippen LogP contribution >= 0.6 is 11.8 Å². The van der Waals surface area contributed by atoms with Crippen LogP contribution in [-0.4, -0.2) is 79.3 Å². The number of nitrogens with one attached hydrogen (secondary N) is 2. The van der Waals surface area contributed by atoms with Gasteiger partial charge in [0.15, 0.2) is 0 Å². The summed E-state index contributed by atoms with van der Waals surface area (Å²) in [4.78, 5) is 15.5. The van der Waals surface area contributed by atoms with Crippen LogP contribution in [0.15, 0.2) is 47.9 Å². The summed E-state index contributed by atoms with van der Waals surface area (Å²) in [7, 11) is 0. The molecule has 0 saturated carbocycles. The first-order chi connectivity index (χ1) is 18.1. The highest BCUT2D eigenvalue weighted by Gasteiger charge is 2.39. The molecular formula is C26H29F4N5O2S. The molecule has 2 aliphatic heterocycles. The fourth-order valence-electron chi connectivity index (χ4n) is 4.53. The predicted molar refractivity (Wildman–Crippen MR) is 140 cm³/mol. The van der Waals surface area contributed by atoms with Crippen LogP contribution in [0.4, 0.5) is 23.2 Å². The Morgan fingerprint density at radius 1 is 1.21 bits per heavy atom. The van der Waals surface area contributed by atoms with Gasteiger partial charge in [-0.25, -0.2) is 4.39 Å². The molecule has 2 aliphatic rings. The second kappa shape index (κ2) is 11.7. The van der Waals surface area contributed by atoms with E-state index in [0.29, 0.717) is 62.2 Å². The van der Waals surface area contributed by atoms with Crippen molar-refractivity contribution in [3.63, 3.8) is 0 Å². The van der Waals surface area contributed by atoms with Gasteiger partial charge in [-0.1, -0.05) is 18.7 Å². The third-order valence-electron chi connectivity index (χ3n) is 6.45. The maximum Gasteiger partial charge on any atom is 0.417 e. The Hall–Kier alpha value is -3.09. The number of piperazine rings is 1. The second-order valence-electron chi connectivity index (χ2n) is 8.89. The Balaban J connectivity index is 1.80. The van der Waals surface area contributed by atoms with Gasteiger partial charge in [-0.05, 0) is 29.8 Å². The normalized spacial score (nSPS) is 17.9. The molecule has 38 heavy (non-hydrogen) atoms. The number of alkyl halides is 3. The van der Waals surface area contributed by atoms with Gasteiger partial charge >= 0.3 is 6.18 Å². The van der Waals surface area contributed by atoms with Gasteiger partial charge in [0, 0.05) is 61.0 Å². The van der Waals surface area contributed by atoms with Gasteiger partial charge in [-0.15, -0.1) is 11.8 Å². The van der Waals surface area contributed by atoms with E-state index in [1.54, 1.807) is 9.80 Å². The second-order valence-corrected chi connectivity index (χ2v) is 9.92. The third kappa shape index (κ3) is 5.97. The minimum absolute atomic E-state index is 0.0672. The number of benzene rings is 2. The molecule has 1 saturated heterocycles. The molecule has 1 atom stereocenters. The molecule has 12 heteroatoms. The van der Waals surface area contributed by atoms with Crippen molar-refractivity contribution >= 4 is 29.2 Å². The molecule has 204 valence electrons. The van der Waals surface area contributed by atoms with Crippen molar-refractivity contribution in [2.45, 2.75) is 17.2 Å². The van der Waals surface area contributed by atoms with Gasteiger partial charge in [-0.3, -0.25) is 10.2 Å². The highest BCUT2D eigenvalue weighted by atomic mass is 32.2. The van der Waals surface area contributed by atoms with Gasteiger partial charge in [0.2, 0.25) is 5.91 Å². The molecule has 7 nitrogen and oxygen atoms in total. The number of carbonyl (C=O) groups excluding carboxylic acids is 1. The molecule has 1 fully saturated rings. The number of ether oxygens (including phenoxy) is 1. The van der Waals surface area contributed by atoms with E-state index in [4.69, 9.17) is 15.9 Å². The van der Waals surface area contributed by atoms with Gasteiger partial charge in [0.1, 0.15) is 11.7 Å². The molecule has 1 amide bonds. The number of hydrogen-bond donors (Lipinski definition) is 3.